The summed E-state index contributed by atoms with van der Waals surface area (Å²) in [5, 5.41) is 13.5. The first kappa shape index (κ1) is 25.7. The second kappa shape index (κ2) is 11.3. The standard InChI is InChI=1S/C34H35FN2O2/c35-29-15-13-24(14-16-29)25-17-19-36(20-18-25)21-28-22-37(23-32(28)33(38)27-8-2-1-3-9-27)34(39)31-12-6-10-26-7-4-5-11-30(26)31/h1-16,25,28,32-33,38H,17-23H2/t28?,32-,33?/m1/s1. The zero-order valence-electron chi connectivity index (χ0n) is 22.1. The van der Waals surface area contributed by atoms with E-state index in [2.05, 4.69) is 4.90 Å². The summed E-state index contributed by atoms with van der Waals surface area (Å²) in [7, 11) is 0. The first-order valence-corrected chi connectivity index (χ1v) is 14.0. The molecule has 3 atom stereocenters. The summed E-state index contributed by atoms with van der Waals surface area (Å²) in [5.74, 6) is 0.417. The van der Waals surface area contributed by atoms with Crippen molar-refractivity contribution in [2.24, 2.45) is 11.8 Å². The number of hydrogen-bond acceptors (Lipinski definition) is 3. The normalized spacial score (nSPS) is 21.3. The molecule has 0 radical (unpaired) electrons. The smallest absolute Gasteiger partial charge is 0.254 e. The summed E-state index contributed by atoms with van der Waals surface area (Å²) in [4.78, 5) is 18.3. The van der Waals surface area contributed by atoms with Crippen LogP contribution in [0.25, 0.3) is 10.8 Å². The molecule has 2 fully saturated rings. The summed E-state index contributed by atoms with van der Waals surface area (Å²) in [6, 6.07) is 30.7. The van der Waals surface area contributed by atoms with Gasteiger partial charge in [0.05, 0.1) is 6.10 Å². The Labute approximate surface area is 229 Å². The first-order valence-electron chi connectivity index (χ1n) is 14.0. The molecular formula is C34H35FN2O2. The maximum Gasteiger partial charge on any atom is 0.254 e. The van der Waals surface area contributed by atoms with Crippen molar-refractivity contribution in [3.63, 3.8) is 0 Å². The van der Waals surface area contributed by atoms with Gasteiger partial charge in [-0.3, -0.25) is 4.79 Å². The third kappa shape index (κ3) is 5.47. The fraction of sp³-hybridized carbons (Fsp3) is 0.324. The molecule has 0 aromatic heterocycles. The van der Waals surface area contributed by atoms with Crippen LogP contribution in [0.4, 0.5) is 4.39 Å². The van der Waals surface area contributed by atoms with Gasteiger partial charge in [-0.2, -0.15) is 0 Å². The Kier molecular flexibility index (Phi) is 7.45. The highest BCUT2D eigenvalue weighted by molar-refractivity contribution is 6.07. The third-order valence-corrected chi connectivity index (χ3v) is 8.77. The number of rotatable bonds is 6. The average Bonchev–Trinajstić information content (AvgIpc) is 3.41. The number of amides is 1. The van der Waals surface area contributed by atoms with Crippen molar-refractivity contribution < 1.29 is 14.3 Å². The largest absolute Gasteiger partial charge is 0.388 e. The molecule has 5 heteroatoms. The molecule has 39 heavy (non-hydrogen) atoms. The Bertz CT molecular complexity index is 1410. The Balaban J connectivity index is 1.19. The van der Waals surface area contributed by atoms with Crippen LogP contribution >= 0.6 is 0 Å². The second-order valence-corrected chi connectivity index (χ2v) is 11.1. The molecule has 0 aliphatic carbocycles. The lowest BCUT2D eigenvalue weighted by atomic mass is 9.85. The molecule has 4 aromatic carbocycles. The number of benzene rings is 4. The van der Waals surface area contributed by atoms with Crippen LogP contribution in [-0.2, 0) is 0 Å². The van der Waals surface area contributed by atoms with Crippen molar-refractivity contribution in [3.05, 3.63) is 120 Å². The average molecular weight is 523 g/mol. The number of fused-ring (bicyclic) bond motifs is 1. The molecule has 2 unspecified atom stereocenters. The van der Waals surface area contributed by atoms with Crippen LogP contribution in [0, 0.1) is 17.7 Å². The van der Waals surface area contributed by atoms with Gasteiger partial charge in [-0.1, -0.05) is 78.9 Å². The minimum absolute atomic E-state index is 0.0366. The molecule has 6 rings (SSSR count). The number of carbonyl (C=O) groups is 1. The molecule has 0 saturated carbocycles. The van der Waals surface area contributed by atoms with Crippen LogP contribution < -0.4 is 0 Å². The highest BCUT2D eigenvalue weighted by Gasteiger charge is 2.41. The van der Waals surface area contributed by atoms with E-state index in [0.717, 1.165) is 54.4 Å². The Hall–Kier alpha value is -3.54. The fourth-order valence-electron chi connectivity index (χ4n) is 6.61. The SMILES string of the molecule is O=C(c1cccc2ccccc12)N1CC(CN2CCC(c3ccc(F)cc3)CC2)[C@H](C(O)c2ccccc2)C1. The van der Waals surface area contributed by atoms with Crippen LogP contribution in [0.5, 0.6) is 0 Å². The summed E-state index contributed by atoms with van der Waals surface area (Å²) < 4.78 is 13.4. The van der Waals surface area contributed by atoms with Crippen molar-refractivity contribution in [3.8, 4) is 0 Å². The van der Waals surface area contributed by atoms with Crippen LogP contribution in [0.2, 0.25) is 0 Å². The summed E-state index contributed by atoms with van der Waals surface area (Å²) in [6.45, 7) is 3.95. The molecule has 0 bridgehead atoms. The molecule has 1 N–H and O–H groups in total. The zero-order valence-corrected chi connectivity index (χ0v) is 22.1. The monoisotopic (exact) mass is 522 g/mol. The third-order valence-electron chi connectivity index (χ3n) is 8.77. The van der Waals surface area contributed by atoms with Gasteiger partial charge in [0.15, 0.2) is 0 Å². The van der Waals surface area contributed by atoms with Gasteiger partial charge in [0, 0.05) is 31.1 Å². The maximum absolute atomic E-state index is 13.8. The Morgan fingerprint density at radius 1 is 0.846 bits per heavy atom. The molecule has 2 heterocycles. The molecule has 1 amide bonds. The number of likely N-dealkylation sites (tertiary alicyclic amines) is 2. The Morgan fingerprint density at radius 2 is 1.54 bits per heavy atom. The van der Waals surface area contributed by atoms with Crippen molar-refractivity contribution in [1.29, 1.82) is 0 Å². The van der Waals surface area contributed by atoms with E-state index < -0.39 is 6.10 Å². The summed E-state index contributed by atoms with van der Waals surface area (Å²) in [6.07, 6.45) is 1.43. The zero-order chi connectivity index (χ0) is 26.8. The molecular weight excluding hydrogens is 487 g/mol. The van der Waals surface area contributed by atoms with Crippen molar-refractivity contribution in [2.75, 3.05) is 32.7 Å². The molecule has 0 spiro atoms. The molecule has 2 aliphatic heterocycles. The quantitative estimate of drug-likeness (QED) is 0.324. The van der Waals surface area contributed by atoms with E-state index >= 15 is 0 Å². The Morgan fingerprint density at radius 3 is 2.31 bits per heavy atom. The van der Waals surface area contributed by atoms with Gasteiger partial charge in [-0.25, -0.2) is 4.39 Å². The van der Waals surface area contributed by atoms with Gasteiger partial charge in [-0.15, -0.1) is 0 Å². The predicted molar refractivity (Wildman–Crippen MR) is 153 cm³/mol. The number of hydrogen-bond donors (Lipinski definition) is 1. The lowest BCUT2D eigenvalue weighted by Crippen LogP contribution is -2.39. The van der Waals surface area contributed by atoms with E-state index in [0.29, 0.717) is 19.0 Å². The lowest BCUT2D eigenvalue weighted by Gasteiger charge is -2.35. The molecule has 2 aliphatic rings. The number of carbonyl (C=O) groups excluding carboxylic acids is 1. The van der Waals surface area contributed by atoms with E-state index in [1.807, 2.05) is 89.8 Å². The van der Waals surface area contributed by atoms with Gasteiger partial charge in [0.1, 0.15) is 5.82 Å². The van der Waals surface area contributed by atoms with Crippen LogP contribution in [0.15, 0.2) is 97.1 Å². The number of aliphatic hydroxyl groups excluding tert-OH is 1. The number of halogens is 1. The highest BCUT2D eigenvalue weighted by atomic mass is 19.1. The van der Waals surface area contributed by atoms with Crippen molar-refractivity contribution >= 4 is 16.7 Å². The highest BCUT2D eigenvalue weighted by Crippen LogP contribution is 2.37. The van der Waals surface area contributed by atoms with E-state index in [1.165, 1.54) is 5.56 Å². The van der Waals surface area contributed by atoms with E-state index in [9.17, 15) is 14.3 Å². The lowest BCUT2D eigenvalue weighted by molar-refractivity contribution is 0.0701. The van der Waals surface area contributed by atoms with Crippen LogP contribution in [0.3, 0.4) is 0 Å². The minimum Gasteiger partial charge on any atom is -0.388 e. The number of nitrogens with zero attached hydrogens (tertiary/aromatic N) is 2. The number of aliphatic hydroxyl groups is 1. The van der Waals surface area contributed by atoms with Gasteiger partial charge in [-0.05, 0) is 77.9 Å². The summed E-state index contributed by atoms with van der Waals surface area (Å²) in [5.41, 5.74) is 2.84. The second-order valence-electron chi connectivity index (χ2n) is 11.1. The first-order chi connectivity index (χ1) is 19.1. The van der Waals surface area contributed by atoms with Crippen molar-refractivity contribution in [1.82, 2.24) is 9.80 Å². The molecule has 4 aromatic rings. The van der Waals surface area contributed by atoms with Crippen LogP contribution in [0.1, 0.15) is 46.3 Å². The summed E-state index contributed by atoms with van der Waals surface area (Å²) >= 11 is 0. The molecule has 2 saturated heterocycles. The predicted octanol–water partition coefficient (Wildman–Crippen LogP) is 6.28. The minimum atomic E-state index is -0.627. The topological polar surface area (TPSA) is 43.8 Å². The van der Waals surface area contributed by atoms with E-state index in [4.69, 9.17) is 0 Å². The van der Waals surface area contributed by atoms with Crippen LogP contribution in [-0.4, -0.2) is 53.5 Å². The van der Waals surface area contributed by atoms with Gasteiger partial charge in [0.2, 0.25) is 0 Å². The molecule has 200 valence electrons. The van der Waals surface area contributed by atoms with Gasteiger partial charge < -0.3 is 14.9 Å². The van der Waals surface area contributed by atoms with Gasteiger partial charge >= 0.3 is 0 Å². The maximum atomic E-state index is 13.8. The van der Waals surface area contributed by atoms with Crippen molar-refractivity contribution in [2.45, 2.75) is 24.9 Å². The fourth-order valence-corrected chi connectivity index (χ4v) is 6.61. The van der Waals surface area contributed by atoms with Gasteiger partial charge in [0.25, 0.3) is 5.91 Å². The van der Waals surface area contributed by atoms with E-state index in [1.54, 1.807) is 12.1 Å². The number of piperidine rings is 1. The molecule has 4 nitrogen and oxygen atoms in total. The van der Waals surface area contributed by atoms with E-state index in [-0.39, 0.29) is 23.6 Å².